The molecule has 0 fully saturated rings. The van der Waals surface area contributed by atoms with Gasteiger partial charge in [0.25, 0.3) is 5.91 Å². The minimum atomic E-state index is -0.123. The molecule has 1 aromatic carbocycles. The number of nitrogens with one attached hydrogen (secondary N) is 1. The molecule has 0 unspecified atom stereocenters. The fraction of sp³-hybridized carbons (Fsp3) is 0.421. The Morgan fingerprint density at radius 1 is 1.27 bits per heavy atom. The van der Waals surface area contributed by atoms with Gasteiger partial charge in [0.15, 0.2) is 0 Å². The highest BCUT2D eigenvalue weighted by Crippen LogP contribution is 2.20. The number of fused-ring (bicyclic) bond motifs is 1. The maximum atomic E-state index is 12.6. The lowest BCUT2D eigenvalue weighted by molar-refractivity contribution is 0.0930. The summed E-state index contributed by atoms with van der Waals surface area (Å²) in [6.07, 6.45) is 1.67. The first-order chi connectivity index (χ1) is 12.7. The Labute approximate surface area is 153 Å². The number of carbonyl (C=O) groups is 1. The molecule has 2 aromatic heterocycles. The molecule has 0 radical (unpaired) electrons. The Hall–Kier alpha value is -2.67. The molecule has 0 spiro atoms. The van der Waals surface area contributed by atoms with Crippen molar-refractivity contribution in [3.63, 3.8) is 0 Å². The second kappa shape index (κ2) is 8.14. The number of rotatable bonds is 8. The second-order valence-corrected chi connectivity index (χ2v) is 6.07. The highest BCUT2D eigenvalue weighted by atomic mass is 16.3. The van der Waals surface area contributed by atoms with E-state index in [-0.39, 0.29) is 11.9 Å². The minimum Gasteiger partial charge on any atom is -0.468 e. The van der Waals surface area contributed by atoms with Crippen LogP contribution in [0.2, 0.25) is 0 Å². The Kier molecular flexibility index (Phi) is 5.68. The van der Waals surface area contributed by atoms with Crippen molar-refractivity contribution in [2.75, 3.05) is 19.6 Å². The molecule has 0 aliphatic rings. The lowest BCUT2D eigenvalue weighted by Crippen LogP contribution is -2.37. The van der Waals surface area contributed by atoms with Gasteiger partial charge in [-0.2, -0.15) is 0 Å². The summed E-state index contributed by atoms with van der Waals surface area (Å²) in [4.78, 5) is 14.9. The third-order valence-corrected chi connectivity index (χ3v) is 4.66. The van der Waals surface area contributed by atoms with Crippen molar-refractivity contribution in [3.8, 4) is 0 Å². The minimum absolute atomic E-state index is 0.00801. The van der Waals surface area contributed by atoms with E-state index < -0.39 is 0 Å². The van der Waals surface area contributed by atoms with E-state index in [1.807, 2.05) is 35.9 Å². The van der Waals surface area contributed by atoms with Crippen molar-refractivity contribution >= 4 is 16.9 Å². The summed E-state index contributed by atoms with van der Waals surface area (Å²) in [6.45, 7) is 9.20. The molecule has 2 heterocycles. The number of hydrogen-bond acceptors (Lipinski definition) is 5. The van der Waals surface area contributed by atoms with Gasteiger partial charge in [-0.1, -0.05) is 19.1 Å². The zero-order chi connectivity index (χ0) is 18.5. The predicted molar refractivity (Wildman–Crippen MR) is 99.9 cm³/mol. The lowest BCUT2D eigenvalue weighted by atomic mass is 10.1. The van der Waals surface area contributed by atoms with Gasteiger partial charge in [0, 0.05) is 18.7 Å². The standard InChI is InChI=1S/C19H25N5O2/c1-4-23(5-2)17(18-8-7-11-26-18)13-20-19(25)14-9-10-16-15(12-14)21-22-24(16)6-3/h7-12,17H,4-6,13H2,1-3H3,(H,20,25)/t17-/m0/s1. The molecule has 0 saturated heterocycles. The molecule has 3 aromatic rings. The average molecular weight is 355 g/mol. The summed E-state index contributed by atoms with van der Waals surface area (Å²) >= 11 is 0. The summed E-state index contributed by atoms with van der Waals surface area (Å²) < 4.78 is 7.39. The highest BCUT2D eigenvalue weighted by Gasteiger charge is 2.21. The molecule has 1 amide bonds. The van der Waals surface area contributed by atoms with Crippen LogP contribution in [0, 0.1) is 0 Å². The number of aryl methyl sites for hydroxylation is 1. The zero-order valence-electron chi connectivity index (χ0n) is 15.5. The van der Waals surface area contributed by atoms with E-state index >= 15 is 0 Å². The number of hydrogen-bond donors (Lipinski definition) is 1. The van der Waals surface area contributed by atoms with Crippen molar-refractivity contribution in [1.82, 2.24) is 25.2 Å². The molecule has 138 valence electrons. The Bertz CT molecular complexity index is 852. The molecule has 1 N–H and O–H groups in total. The van der Waals surface area contributed by atoms with Crippen molar-refractivity contribution in [3.05, 3.63) is 47.9 Å². The van der Waals surface area contributed by atoms with Crippen LogP contribution in [0.4, 0.5) is 0 Å². The fourth-order valence-corrected chi connectivity index (χ4v) is 3.19. The Morgan fingerprint density at radius 3 is 2.73 bits per heavy atom. The van der Waals surface area contributed by atoms with Crippen molar-refractivity contribution in [2.45, 2.75) is 33.4 Å². The van der Waals surface area contributed by atoms with Gasteiger partial charge in [0.1, 0.15) is 11.3 Å². The van der Waals surface area contributed by atoms with Crippen molar-refractivity contribution in [2.24, 2.45) is 0 Å². The van der Waals surface area contributed by atoms with E-state index in [2.05, 4.69) is 34.4 Å². The Balaban J connectivity index is 1.74. The first-order valence-corrected chi connectivity index (χ1v) is 9.06. The molecular weight excluding hydrogens is 330 g/mol. The molecule has 0 aliphatic heterocycles. The van der Waals surface area contributed by atoms with E-state index in [1.165, 1.54) is 0 Å². The molecule has 3 rings (SSSR count). The smallest absolute Gasteiger partial charge is 0.251 e. The first-order valence-electron chi connectivity index (χ1n) is 9.06. The Morgan fingerprint density at radius 2 is 2.08 bits per heavy atom. The average Bonchev–Trinajstić information content (AvgIpc) is 3.33. The summed E-state index contributed by atoms with van der Waals surface area (Å²) in [5, 5.41) is 11.2. The van der Waals surface area contributed by atoms with Crippen LogP contribution in [-0.4, -0.2) is 45.4 Å². The number of furan rings is 1. The van der Waals surface area contributed by atoms with Crippen LogP contribution in [-0.2, 0) is 6.54 Å². The SMILES string of the molecule is CCN(CC)[C@@H](CNC(=O)c1ccc2c(c1)nnn2CC)c1ccco1. The molecule has 7 heteroatoms. The number of benzene rings is 1. The monoisotopic (exact) mass is 355 g/mol. The van der Waals surface area contributed by atoms with Gasteiger partial charge in [-0.25, -0.2) is 4.68 Å². The van der Waals surface area contributed by atoms with E-state index in [1.54, 1.807) is 12.3 Å². The predicted octanol–water partition coefficient (Wildman–Crippen LogP) is 2.86. The highest BCUT2D eigenvalue weighted by molar-refractivity contribution is 5.97. The number of carbonyl (C=O) groups excluding carboxylic acids is 1. The van der Waals surface area contributed by atoms with E-state index in [9.17, 15) is 4.79 Å². The summed E-state index contributed by atoms with van der Waals surface area (Å²) in [6, 6.07) is 9.31. The maximum Gasteiger partial charge on any atom is 0.251 e. The van der Waals surface area contributed by atoms with E-state index in [0.717, 1.165) is 36.4 Å². The van der Waals surface area contributed by atoms with Gasteiger partial charge in [-0.15, -0.1) is 5.10 Å². The van der Waals surface area contributed by atoms with Crippen LogP contribution in [0.1, 0.15) is 42.9 Å². The van der Waals surface area contributed by atoms with Crippen molar-refractivity contribution < 1.29 is 9.21 Å². The van der Waals surface area contributed by atoms with Gasteiger partial charge in [-0.3, -0.25) is 9.69 Å². The maximum absolute atomic E-state index is 12.6. The summed E-state index contributed by atoms with van der Waals surface area (Å²) in [5.41, 5.74) is 2.24. The molecular formula is C19H25N5O2. The number of likely N-dealkylation sites (N-methyl/N-ethyl adjacent to an activating group) is 1. The van der Waals surface area contributed by atoms with Crippen LogP contribution in [0.3, 0.4) is 0 Å². The van der Waals surface area contributed by atoms with Gasteiger partial charge < -0.3 is 9.73 Å². The first kappa shape index (κ1) is 18.1. The van der Waals surface area contributed by atoms with Crippen molar-refractivity contribution in [1.29, 1.82) is 0 Å². The second-order valence-electron chi connectivity index (χ2n) is 6.07. The number of aromatic nitrogens is 3. The largest absolute Gasteiger partial charge is 0.468 e. The van der Waals surface area contributed by atoms with Crippen LogP contribution in [0.25, 0.3) is 11.0 Å². The third kappa shape index (κ3) is 3.62. The molecule has 7 nitrogen and oxygen atoms in total. The fourth-order valence-electron chi connectivity index (χ4n) is 3.19. The molecule has 0 bridgehead atoms. The summed E-state index contributed by atoms with van der Waals surface area (Å²) in [5.74, 6) is 0.733. The van der Waals surface area contributed by atoms with E-state index in [4.69, 9.17) is 4.42 Å². The zero-order valence-corrected chi connectivity index (χ0v) is 15.5. The molecule has 26 heavy (non-hydrogen) atoms. The van der Waals surface area contributed by atoms with Crippen LogP contribution >= 0.6 is 0 Å². The number of nitrogens with zero attached hydrogens (tertiary/aromatic N) is 4. The quantitative estimate of drug-likeness (QED) is 0.672. The molecule has 0 aliphatic carbocycles. The van der Waals surface area contributed by atoms with E-state index in [0.29, 0.717) is 12.1 Å². The summed E-state index contributed by atoms with van der Waals surface area (Å²) in [7, 11) is 0. The van der Waals surface area contributed by atoms with Gasteiger partial charge in [-0.05, 0) is 50.3 Å². The number of amides is 1. The normalized spacial score (nSPS) is 12.6. The third-order valence-electron chi connectivity index (χ3n) is 4.66. The van der Waals surface area contributed by atoms with Gasteiger partial charge in [0.05, 0.1) is 17.8 Å². The van der Waals surface area contributed by atoms with Gasteiger partial charge in [0.2, 0.25) is 0 Å². The topological polar surface area (TPSA) is 76.2 Å². The lowest BCUT2D eigenvalue weighted by Gasteiger charge is -2.28. The molecule has 0 saturated carbocycles. The van der Waals surface area contributed by atoms with Gasteiger partial charge >= 0.3 is 0 Å². The molecule has 1 atom stereocenters. The van der Waals surface area contributed by atoms with Crippen LogP contribution < -0.4 is 5.32 Å². The van der Waals surface area contributed by atoms with Crippen LogP contribution in [0.5, 0.6) is 0 Å². The van der Waals surface area contributed by atoms with Crippen LogP contribution in [0.15, 0.2) is 41.0 Å².